The van der Waals surface area contributed by atoms with Crippen LogP contribution in [0.3, 0.4) is 0 Å². The third-order valence-corrected chi connectivity index (χ3v) is 6.55. The fourth-order valence-corrected chi connectivity index (χ4v) is 3.51. The Hall–Kier alpha value is -0.600. The molecule has 5 atom stereocenters. The number of aliphatic hydroxyl groups excluding tert-OH is 2. The first kappa shape index (κ1) is 20.4. The largest absolute Gasteiger partial charge is 0.393 e. The van der Waals surface area contributed by atoms with Crippen molar-refractivity contribution in [3.05, 3.63) is 23.3 Å². The summed E-state index contributed by atoms with van der Waals surface area (Å²) in [5, 5.41) is 20.2. The Morgan fingerprint density at radius 1 is 1.09 bits per heavy atom. The minimum Gasteiger partial charge on any atom is -0.393 e. The van der Waals surface area contributed by atoms with Gasteiger partial charge in [-0.3, -0.25) is 0 Å². The van der Waals surface area contributed by atoms with E-state index in [1.165, 1.54) is 5.57 Å². The van der Waals surface area contributed by atoms with Crippen molar-refractivity contribution in [2.75, 3.05) is 0 Å². The van der Waals surface area contributed by atoms with E-state index in [0.717, 1.165) is 5.57 Å². The quantitative estimate of drug-likeness (QED) is 0.750. The summed E-state index contributed by atoms with van der Waals surface area (Å²) in [6.07, 6.45) is 4.60. The van der Waals surface area contributed by atoms with E-state index in [0.29, 0.717) is 36.5 Å². The number of allylic oxidation sites excluding steroid dienone is 3. The van der Waals surface area contributed by atoms with E-state index in [1.54, 1.807) is 0 Å². The number of rotatable bonds is 5. The van der Waals surface area contributed by atoms with Gasteiger partial charge in [-0.1, -0.05) is 71.8 Å². The van der Waals surface area contributed by atoms with Gasteiger partial charge in [-0.15, -0.1) is 0 Å². The first-order valence-electron chi connectivity index (χ1n) is 9.22. The lowest BCUT2D eigenvalue weighted by atomic mass is 9.69. The summed E-state index contributed by atoms with van der Waals surface area (Å²) in [7, 11) is 0. The van der Waals surface area contributed by atoms with Gasteiger partial charge < -0.3 is 10.2 Å². The molecule has 1 saturated carbocycles. The van der Waals surface area contributed by atoms with Crippen LogP contribution in [0, 0.1) is 29.1 Å². The van der Waals surface area contributed by atoms with Crippen molar-refractivity contribution < 1.29 is 10.2 Å². The monoisotopic (exact) mass is 322 g/mol. The van der Waals surface area contributed by atoms with E-state index in [1.807, 2.05) is 0 Å². The van der Waals surface area contributed by atoms with Gasteiger partial charge in [-0.25, -0.2) is 0 Å². The first-order valence-corrected chi connectivity index (χ1v) is 9.22. The molecule has 3 unspecified atom stereocenters. The number of hydrogen-bond acceptors (Lipinski definition) is 2. The number of aliphatic hydroxyl groups is 2. The Balaban J connectivity index is 2.92. The molecule has 1 aliphatic carbocycles. The molecule has 2 heteroatoms. The molecule has 0 aromatic rings. The van der Waals surface area contributed by atoms with Gasteiger partial charge in [0.15, 0.2) is 0 Å². The minimum absolute atomic E-state index is 0.254. The van der Waals surface area contributed by atoms with E-state index in [4.69, 9.17) is 0 Å². The molecule has 23 heavy (non-hydrogen) atoms. The standard InChI is InChI=1S/C21H38O2/c1-13(2)15(4)17(6)16(5)14(3)9-10-18-11-19(22)12-20(23)21(18,7)8/h9-10,13,15-17,19-20,22-23H,11-12H2,1-8H3/b14-9+,18-10+/t15?,16?,17?,19-,20+/m1/s1. The van der Waals surface area contributed by atoms with Crippen LogP contribution < -0.4 is 0 Å². The lowest BCUT2D eigenvalue weighted by molar-refractivity contribution is -0.00658. The van der Waals surface area contributed by atoms with Gasteiger partial charge in [0.05, 0.1) is 12.2 Å². The Kier molecular flexibility index (Phi) is 7.10. The molecular weight excluding hydrogens is 284 g/mol. The topological polar surface area (TPSA) is 40.5 Å². The molecule has 0 aromatic carbocycles. The zero-order valence-corrected chi connectivity index (χ0v) is 16.4. The summed E-state index contributed by atoms with van der Waals surface area (Å²) >= 11 is 0. The number of hydrogen-bond donors (Lipinski definition) is 2. The highest BCUT2D eigenvalue weighted by molar-refractivity contribution is 5.26. The van der Waals surface area contributed by atoms with Crippen LogP contribution in [-0.4, -0.2) is 22.4 Å². The lowest BCUT2D eigenvalue weighted by Crippen LogP contribution is -2.40. The molecular formula is C21H38O2. The maximum atomic E-state index is 10.3. The third kappa shape index (κ3) is 4.93. The van der Waals surface area contributed by atoms with E-state index in [9.17, 15) is 10.2 Å². The summed E-state index contributed by atoms with van der Waals surface area (Å²) < 4.78 is 0. The molecule has 1 aliphatic rings. The summed E-state index contributed by atoms with van der Waals surface area (Å²) in [6.45, 7) is 17.9. The van der Waals surface area contributed by atoms with E-state index < -0.39 is 12.2 Å². The molecule has 2 nitrogen and oxygen atoms in total. The average molecular weight is 323 g/mol. The average Bonchev–Trinajstić information content (AvgIpc) is 2.46. The van der Waals surface area contributed by atoms with Crippen LogP contribution in [0.1, 0.15) is 68.2 Å². The summed E-state index contributed by atoms with van der Waals surface area (Å²) in [5.74, 6) is 2.56. The molecule has 0 aromatic heterocycles. The Morgan fingerprint density at radius 2 is 1.65 bits per heavy atom. The Labute approximate surface area is 143 Å². The van der Waals surface area contributed by atoms with Gasteiger partial charge >= 0.3 is 0 Å². The van der Waals surface area contributed by atoms with Crippen molar-refractivity contribution in [2.45, 2.75) is 80.4 Å². The van der Waals surface area contributed by atoms with Crippen molar-refractivity contribution in [2.24, 2.45) is 29.1 Å². The minimum atomic E-state index is -0.469. The SMILES string of the molecule is C/C(=C\C=C1/C[C@@H](O)C[C@H](O)C1(C)C)C(C)C(C)C(C)C(C)C. The zero-order chi connectivity index (χ0) is 17.9. The van der Waals surface area contributed by atoms with E-state index in [-0.39, 0.29) is 5.41 Å². The summed E-state index contributed by atoms with van der Waals surface area (Å²) in [5.41, 5.74) is 2.28. The van der Waals surface area contributed by atoms with Crippen LogP contribution in [0.25, 0.3) is 0 Å². The maximum absolute atomic E-state index is 10.3. The second-order valence-corrected chi connectivity index (χ2v) is 8.68. The highest BCUT2D eigenvalue weighted by Gasteiger charge is 2.38. The molecule has 0 aliphatic heterocycles. The third-order valence-electron chi connectivity index (χ3n) is 6.55. The van der Waals surface area contributed by atoms with E-state index >= 15 is 0 Å². The maximum Gasteiger partial charge on any atom is 0.0653 e. The molecule has 1 rings (SSSR count). The van der Waals surface area contributed by atoms with Gasteiger partial charge in [0.25, 0.3) is 0 Å². The van der Waals surface area contributed by atoms with Crippen LogP contribution >= 0.6 is 0 Å². The van der Waals surface area contributed by atoms with Crippen LogP contribution in [0.5, 0.6) is 0 Å². The molecule has 0 spiro atoms. The second kappa shape index (κ2) is 7.98. The van der Waals surface area contributed by atoms with Crippen molar-refractivity contribution in [1.29, 1.82) is 0 Å². The highest BCUT2D eigenvalue weighted by atomic mass is 16.3. The van der Waals surface area contributed by atoms with Gasteiger partial charge in [0.1, 0.15) is 0 Å². The fraction of sp³-hybridized carbons (Fsp3) is 0.810. The molecule has 0 heterocycles. The van der Waals surface area contributed by atoms with Gasteiger partial charge in [0.2, 0.25) is 0 Å². The van der Waals surface area contributed by atoms with Crippen molar-refractivity contribution in [1.82, 2.24) is 0 Å². The molecule has 0 radical (unpaired) electrons. The Bertz CT molecular complexity index is 445. The van der Waals surface area contributed by atoms with Gasteiger partial charge in [-0.2, -0.15) is 0 Å². The second-order valence-electron chi connectivity index (χ2n) is 8.68. The summed E-state index contributed by atoms with van der Waals surface area (Å²) in [6, 6.07) is 0. The normalized spacial score (nSPS) is 31.3. The molecule has 1 fully saturated rings. The lowest BCUT2D eigenvalue weighted by Gasteiger charge is -2.40. The molecule has 0 saturated heterocycles. The van der Waals surface area contributed by atoms with Gasteiger partial charge in [-0.05, 0) is 37.0 Å². The van der Waals surface area contributed by atoms with Crippen LogP contribution in [-0.2, 0) is 0 Å². The van der Waals surface area contributed by atoms with E-state index in [2.05, 4.69) is 67.5 Å². The van der Waals surface area contributed by atoms with Crippen molar-refractivity contribution in [3.63, 3.8) is 0 Å². The molecule has 2 N–H and O–H groups in total. The summed E-state index contributed by atoms with van der Waals surface area (Å²) in [4.78, 5) is 0. The highest BCUT2D eigenvalue weighted by Crippen LogP contribution is 2.40. The molecule has 0 bridgehead atoms. The van der Waals surface area contributed by atoms with Crippen LogP contribution in [0.2, 0.25) is 0 Å². The molecule has 0 amide bonds. The fourth-order valence-electron chi connectivity index (χ4n) is 3.51. The van der Waals surface area contributed by atoms with Crippen molar-refractivity contribution in [3.8, 4) is 0 Å². The predicted molar refractivity (Wildman–Crippen MR) is 99.2 cm³/mol. The van der Waals surface area contributed by atoms with Gasteiger partial charge in [0, 0.05) is 11.8 Å². The molecule has 134 valence electrons. The van der Waals surface area contributed by atoms with Crippen LogP contribution in [0.15, 0.2) is 23.3 Å². The zero-order valence-electron chi connectivity index (χ0n) is 16.4. The smallest absolute Gasteiger partial charge is 0.0653 e. The van der Waals surface area contributed by atoms with Crippen molar-refractivity contribution >= 4 is 0 Å². The first-order chi connectivity index (χ1) is 10.5. The van der Waals surface area contributed by atoms with Crippen LogP contribution in [0.4, 0.5) is 0 Å². The Morgan fingerprint density at radius 3 is 2.17 bits per heavy atom. The predicted octanol–water partition coefficient (Wildman–Crippen LogP) is 4.97.